The normalized spacial score (nSPS) is 19.5. The van der Waals surface area contributed by atoms with Gasteiger partial charge in [0.2, 0.25) is 0 Å². The molecule has 1 atom stereocenters. The Labute approximate surface area is 105 Å². The lowest BCUT2D eigenvalue weighted by Gasteiger charge is -2.24. The highest BCUT2D eigenvalue weighted by Gasteiger charge is 2.32. The second kappa shape index (κ2) is 5.24. The highest BCUT2D eigenvalue weighted by atomic mass is 16.6. The van der Waals surface area contributed by atoms with Crippen LogP contribution in [0.1, 0.15) is 27.2 Å². The van der Waals surface area contributed by atoms with Crippen molar-refractivity contribution >= 4 is 18.0 Å². The Morgan fingerprint density at radius 1 is 1.28 bits per heavy atom. The summed E-state index contributed by atoms with van der Waals surface area (Å²) >= 11 is 0. The molecule has 0 aliphatic carbocycles. The van der Waals surface area contributed by atoms with Gasteiger partial charge < -0.3 is 19.5 Å². The van der Waals surface area contributed by atoms with Gasteiger partial charge in [0.25, 0.3) is 0 Å². The average molecular weight is 259 g/mol. The molecule has 7 nitrogen and oxygen atoms in total. The lowest BCUT2D eigenvalue weighted by atomic mass is 10.2. The van der Waals surface area contributed by atoms with E-state index in [9.17, 15) is 14.4 Å². The third kappa shape index (κ3) is 4.23. The second-order valence-electron chi connectivity index (χ2n) is 5.05. The summed E-state index contributed by atoms with van der Waals surface area (Å²) in [5.74, 6) is -2.93. The number of rotatable bonds is 1. The van der Waals surface area contributed by atoms with E-state index in [1.807, 2.05) is 0 Å². The molecule has 0 aromatic heterocycles. The van der Waals surface area contributed by atoms with Crippen molar-refractivity contribution < 1.29 is 29.0 Å². The van der Waals surface area contributed by atoms with Crippen LogP contribution in [0, 0.1) is 0 Å². The van der Waals surface area contributed by atoms with Gasteiger partial charge in [-0.1, -0.05) is 0 Å². The molecule has 0 aromatic rings. The van der Waals surface area contributed by atoms with Gasteiger partial charge in [-0.25, -0.2) is 14.4 Å². The largest absolute Gasteiger partial charge is 0.473 e. The minimum atomic E-state index is -1.63. The van der Waals surface area contributed by atoms with E-state index in [0.717, 1.165) is 0 Å². The van der Waals surface area contributed by atoms with Crippen LogP contribution in [0.25, 0.3) is 0 Å². The fourth-order valence-corrected chi connectivity index (χ4v) is 1.52. The summed E-state index contributed by atoms with van der Waals surface area (Å²) < 4.78 is 9.85. The van der Waals surface area contributed by atoms with Crippen molar-refractivity contribution in [2.45, 2.75) is 38.9 Å². The third-order valence-corrected chi connectivity index (χ3v) is 2.25. The number of carboxylic acid groups (broad SMARTS) is 1. The molecule has 1 amide bonds. The Hall–Kier alpha value is -1.79. The van der Waals surface area contributed by atoms with Gasteiger partial charge in [-0.15, -0.1) is 0 Å². The summed E-state index contributed by atoms with van der Waals surface area (Å²) in [7, 11) is 0. The first-order valence-corrected chi connectivity index (χ1v) is 5.61. The van der Waals surface area contributed by atoms with Crippen LogP contribution in [0.3, 0.4) is 0 Å². The molecule has 1 saturated heterocycles. The van der Waals surface area contributed by atoms with E-state index < -0.39 is 29.7 Å². The van der Waals surface area contributed by atoms with E-state index in [4.69, 9.17) is 14.6 Å². The zero-order valence-corrected chi connectivity index (χ0v) is 10.6. The van der Waals surface area contributed by atoms with Crippen LogP contribution in [0.5, 0.6) is 0 Å². The molecule has 0 radical (unpaired) electrons. The van der Waals surface area contributed by atoms with Crippen LogP contribution in [0.2, 0.25) is 0 Å². The molecule has 1 unspecified atom stereocenters. The van der Waals surface area contributed by atoms with Gasteiger partial charge in [0, 0.05) is 13.0 Å². The van der Waals surface area contributed by atoms with Crippen molar-refractivity contribution in [1.82, 2.24) is 4.90 Å². The topological polar surface area (TPSA) is 93.1 Å². The Bertz CT molecular complexity index is 359. The number of carbonyl (C=O) groups is 3. The molecular weight excluding hydrogens is 242 g/mol. The Morgan fingerprint density at radius 3 is 2.39 bits per heavy atom. The molecule has 1 aliphatic rings. The lowest BCUT2D eigenvalue weighted by Crippen LogP contribution is -2.36. The van der Waals surface area contributed by atoms with Gasteiger partial charge >= 0.3 is 18.0 Å². The number of carboxylic acids is 1. The first-order valence-electron chi connectivity index (χ1n) is 5.61. The second-order valence-corrected chi connectivity index (χ2v) is 5.05. The molecule has 0 spiro atoms. The lowest BCUT2D eigenvalue weighted by molar-refractivity contribution is -0.167. The summed E-state index contributed by atoms with van der Waals surface area (Å²) in [6.45, 7) is 5.80. The summed E-state index contributed by atoms with van der Waals surface area (Å²) in [6.07, 6.45) is -0.657. The van der Waals surface area contributed by atoms with Crippen molar-refractivity contribution in [3.63, 3.8) is 0 Å². The maximum absolute atomic E-state index is 11.7. The van der Waals surface area contributed by atoms with Crippen LogP contribution >= 0.6 is 0 Å². The van der Waals surface area contributed by atoms with Gasteiger partial charge in [-0.05, 0) is 20.8 Å². The Morgan fingerprint density at radius 2 is 1.89 bits per heavy atom. The van der Waals surface area contributed by atoms with Gasteiger partial charge in [-0.2, -0.15) is 0 Å². The van der Waals surface area contributed by atoms with Crippen molar-refractivity contribution in [3.8, 4) is 0 Å². The standard InChI is InChI=1S/C11H17NO6/c1-11(2,3)18-10(16)12-5-4-7(6-12)17-9(15)8(13)14/h7H,4-6H2,1-3H3,(H,13,14). The van der Waals surface area contributed by atoms with Crippen LogP contribution in [-0.4, -0.2) is 52.8 Å². The van der Waals surface area contributed by atoms with E-state index in [2.05, 4.69) is 0 Å². The zero-order valence-electron chi connectivity index (χ0n) is 10.6. The first kappa shape index (κ1) is 14.3. The number of likely N-dealkylation sites (tertiary alicyclic amines) is 1. The molecule has 0 aromatic carbocycles. The molecule has 1 fully saturated rings. The smallest absolute Gasteiger partial charge is 0.417 e. The van der Waals surface area contributed by atoms with Crippen LogP contribution in [-0.2, 0) is 19.1 Å². The quantitative estimate of drug-likeness (QED) is 0.548. The number of hydrogen-bond acceptors (Lipinski definition) is 5. The van der Waals surface area contributed by atoms with Gasteiger partial charge in [-0.3, -0.25) is 0 Å². The summed E-state index contributed by atoms with van der Waals surface area (Å²) in [5.41, 5.74) is -0.590. The van der Waals surface area contributed by atoms with E-state index in [-0.39, 0.29) is 6.54 Å². The van der Waals surface area contributed by atoms with Crippen molar-refractivity contribution in [3.05, 3.63) is 0 Å². The van der Waals surface area contributed by atoms with Crippen LogP contribution in [0.15, 0.2) is 0 Å². The zero-order chi connectivity index (χ0) is 13.9. The third-order valence-electron chi connectivity index (χ3n) is 2.25. The van der Waals surface area contributed by atoms with Crippen molar-refractivity contribution in [2.24, 2.45) is 0 Å². The van der Waals surface area contributed by atoms with E-state index >= 15 is 0 Å². The molecule has 0 bridgehead atoms. The number of esters is 1. The molecule has 102 valence electrons. The van der Waals surface area contributed by atoms with E-state index in [0.29, 0.717) is 13.0 Å². The number of hydrogen-bond donors (Lipinski definition) is 1. The van der Waals surface area contributed by atoms with Gasteiger partial charge in [0.05, 0.1) is 6.54 Å². The summed E-state index contributed by atoms with van der Waals surface area (Å²) in [4.78, 5) is 34.2. The predicted molar refractivity (Wildman–Crippen MR) is 59.9 cm³/mol. The van der Waals surface area contributed by atoms with Crippen molar-refractivity contribution in [2.75, 3.05) is 13.1 Å². The SMILES string of the molecule is CC(C)(C)OC(=O)N1CCC(OC(=O)C(=O)O)C1. The number of ether oxygens (including phenoxy) is 2. The molecule has 1 aliphatic heterocycles. The summed E-state index contributed by atoms with van der Waals surface area (Å²) in [5, 5.41) is 8.39. The first-order chi connectivity index (χ1) is 8.19. The summed E-state index contributed by atoms with van der Waals surface area (Å²) in [6, 6.07) is 0. The molecule has 18 heavy (non-hydrogen) atoms. The number of amides is 1. The number of aliphatic carboxylic acids is 1. The van der Waals surface area contributed by atoms with E-state index in [1.54, 1.807) is 20.8 Å². The number of carbonyl (C=O) groups excluding carboxylic acids is 2. The van der Waals surface area contributed by atoms with Crippen LogP contribution in [0.4, 0.5) is 4.79 Å². The van der Waals surface area contributed by atoms with Crippen LogP contribution < -0.4 is 0 Å². The van der Waals surface area contributed by atoms with E-state index in [1.165, 1.54) is 4.90 Å². The predicted octanol–water partition coefficient (Wildman–Crippen LogP) is 0.624. The highest BCUT2D eigenvalue weighted by Crippen LogP contribution is 2.17. The minimum Gasteiger partial charge on any atom is -0.473 e. The van der Waals surface area contributed by atoms with Gasteiger partial charge in [0.1, 0.15) is 11.7 Å². The molecule has 1 rings (SSSR count). The Kier molecular flexibility index (Phi) is 4.15. The highest BCUT2D eigenvalue weighted by molar-refractivity contribution is 6.28. The monoisotopic (exact) mass is 259 g/mol. The maximum atomic E-state index is 11.7. The molecule has 1 heterocycles. The number of nitrogens with zero attached hydrogens (tertiary/aromatic N) is 1. The fourth-order valence-electron chi connectivity index (χ4n) is 1.52. The molecular formula is C11H17NO6. The Balaban J connectivity index is 2.44. The van der Waals surface area contributed by atoms with Gasteiger partial charge in [0.15, 0.2) is 0 Å². The fraction of sp³-hybridized carbons (Fsp3) is 0.727. The molecule has 0 saturated carbocycles. The molecule has 7 heteroatoms. The molecule has 1 N–H and O–H groups in total. The minimum absolute atomic E-state index is 0.161. The van der Waals surface area contributed by atoms with Crippen molar-refractivity contribution in [1.29, 1.82) is 0 Å². The maximum Gasteiger partial charge on any atom is 0.417 e. The average Bonchev–Trinajstić information content (AvgIpc) is 2.63.